The molecule has 5 nitrogen and oxygen atoms in total. The Kier molecular flexibility index (Phi) is 2.75. The molecule has 0 spiro atoms. The second kappa shape index (κ2) is 4.45. The van der Waals surface area contributed by atoms with Crippen molar-refractivity contribution in [3.8, 4) is 23.0 Å². The van der Waals surface area contributed by atoms with E-state index in [1.807, 2.05) is 0 Å². The number of aldehydes is 1. The van der Waals surface area contributed by atoms with Crippen LogP contribution in [0.4, 0.5) is 0 Å². The number of carbonyl (C=O) groups excluding carboxylic acids is 1. The largest absolute Gasteiger partial charge is 0.504 e. The molecule has 2 aromatic carbocycles. The van der Waals surface area contributed by atoms with Gasteiger partial charge in [-0.05, 0) is 29.8 Å². The first-order chi connectivity index (χ1) is 9.60. The van der Waals surface area contributed by atoms with Crippen molar-refractivity contribution in [3.63, 3.8) is 0 Å². The zero-order valence-corrected chi connectivity index (χ0v) is 10.4. The van der Waals surface area contributed by atoms with Gasteiger partial charge in [0.1, 0.15) is 12.4 Å². The monoisotopic (exact) mass is 272 g/mol. The highest BCUT2D eigenvalue weighted by molar-refractivity contribution is 5.80. The number of aromatic hydroxyl groups is 3. The van der Waals surface area contributed by atoms with Crippen molar-refractivity contribution < 1.29 is 24.9 Å². The van der Waals surface area contributed by atoms with Crippen LogP contribution >= 0.6 is 0 Å². The van der Waals surface area contributed by atoms with Crippen molar-refractivity contribution in [2.75, 3.05) is 0 Å². The van der Waals surface area contributed by atoms with Gasteiger partial charge < -0.3 is 20.1 Å². The van der Waals surface area contributed by atoms with Crippen LogP contribution in [-0.4, -0.2) is 21.6 Å². The van der Waals surface area contributed by atoms with Crippen molar-refractivity contribution in [2.24, 2.45) is 0 Å². The van der Waals surface area contributed by atoms with Gasteiger partial charge in [0.15, 0.2) is 23.0 Å². The molecular weight excluding hydrogens is 260 g/mol. The van der Waals surface area contributed by atoms with Gasteiger partial charge in [0.25, 0.3) is 0 Å². The fourth-order valence-corrected chi connectivity index (χ4v) is 2.38. The van der Waals surface area contributed by atoms with Crippen LogP contribution in [0.1, 0.15) is 27.6 Å². The number of hydrogen-bond donors (Lipinski definition) is 3. The molecule has 102 valence electrons. The standard InChI is InChI=1S/C15H12O5/c16-7-9-2-4-12(18)15-10(9)6-14(20-15)8-1-3-11(17)13(19)5-8/h1-5,7,14,17-19H,6H2. The summed E-state index contributed by atoms with van der Waals surface area (Å²) in [6.45, 7) is 0. The lowest BCUT2D eigenvalue weighted by Gasteiger charge is -2.12. The van der Waals surface area contributed by atoms with Crippen LogP contribution in [-0.2, 0) is 6.42 Å². The number of rotatable bonds is 2. The van der Waals surface area contributed by atoms with Gasteiger partial charge in [-0.25, -0.2) is 0 Å². The van der Waals surface area contributed by atoms with Gasteiger partial charge in [-0.15, -0.1) is 0 Å². The maximum Gasteiger partial charge on any atom is 0.165 e. The Morgan fingerprint density at radius 1 is 1.05 bits per heavy atom. The molecule has 0 aromatic heterocycles. The Morgan fingerprint density at radius 3 is 2.50 bits per heavy atom. The first kappa shape index (κ1) is 12.3. The number of ether oxygens (including phenoxy) is 1. The van der Waals surface area contributed by atoms with Gasteiger partial charge in [0, 0.05) is 17.5 Å². The van der Waals surface area contributed by atoms with E-state index in [0.717, 1.165) is 6.29 Å². The highest BCUT2D eigenvalue weighted by atomic mass is 16.5. The topological polar surface area (TPSA) is 87.0 Å². The molecule has 1 aliphatic heterocycles. The molecular formula is C15H12O5. The molecule has 5 heteroatoms. The van der Waals surface area contributed by atoms with Gasteiger partial charge in [-0.2, -0.15) is 0 Å². The predicted octanol–water partition coefficient (Wildman–Crippen LogP) is 2.29. The van der Waals surface area contributed by atoms with Gasteiger partial charge in [-0.1, -0.05) is 6.07 Å². The van der Waals surface area contributed by atoms with Crippen molar-refractivity contribution in [3.05, 3.63) is 47.0 Å². The Morgan fingerprint density at radius 2 is 1.80 bits per heavy atom. The van der Waals surface area contributed by atoms with E-state index in [1.165, 1.54) is 18.2 Å². The third kappa shape index (κ3) is 1.84. The average Bonchev–Trinajstić information content (AvgIpc) is 2.88. The number of fused-ring (bicyclic) bond motifs is 1. The summed E-state index contributed by atoms with van der Waals surface area (Å²) >= 11 is 0. The first-order valence-corrected chi connectivity index (χ1v) is 6.08. The van der Waals surface area contributed by atoms with Crippen LogP contribution < -0.4 is 4.74 Å². The lowest BCUT2D eigenvalue weighted by Crippen LogP contribution is -2.03. The number of carbonyl (C=O) groups is 1. The van der Waals surface area contributed by atoms with Crippen LogP contribution in [0.5, 0.6) is 23.0 Å². The molecule has 2 aromatic rings. The van der Waals surface area contributed by atoms with Crippen molar-refractivity contribution in [1.82, 2.24) is 0 Å². The molecule has 1 unspecified atom stereocenters. The minimum absolute atomic E-state index is 0.0175. The van der Waals surface area contributed by atoms with Crippen molar-refractivity contribution in [2.45, 2.75) is 12.5 Å². The van der Waals surface area contributed by atoms with Gasteiger partial charge in [0.2, 0.25) is 0 Å². The normalized spacial score (nSPS) is 16.5. The fraction of sp³-hybridized carbons (Fsp3) is 0.133. The quantitative estimate of drug-likeness (QED) is 0.576. The SMILES string of the molecule is O=Cc1ccc(O)c2c1CC(c1ccc(O)c(O)c1)O2. The number of hydrogen-bond acceptors (Lipinski definition) is 5. The molecule has 3 rings (SSSR count). The van der Waals surface area contributed by atoms with E-state index in [9.17, 15) is 20.1 Å². The van der Waals surface area contributed by atoms with Crippen LogP contribution in [0.2, 0.25) is 0 Å². The highest BCUT2D eigenvalue weighted by Gasteiger charge is 2.29. The molecule has 1 atom stereocenters. The maximum atomic E-state index is 11.0. The molecule has 0 fully saturated rings. The van der Waals surface area contributed by atoms with Crippen LogP contribution in [0.15, 0.2) is 30.3 Å². The van der Waals surface area contributed by atoms with Gasteiger partial charge >= 0.3 is 0 Å². The molecule has 0 radical (unpaired) electrons. The Bertz CT molecular complexity index is 693. The lowest BCUT2D eigenvalue weighted by atomic mass is 9.99. The van der Waals surface area contributed by atoms with Crippen LogP contribution in [0.3, 0.4) is 0 Å². The van der Waals surface area contributed by atoms with E-state index >= 15 is 0 Å². The number of phenolic OH excluding ortho intramolecular Hbond substituents is 3. The zero-order chi connectivity index (χ0) is 14.3. The third-order valence-electron chi connectivity index (χ3n) is 3.42. The van der Waals surface area contributed by atoms with E-state index in [2.05, 4.69) is 0 Å². The molecule has 0 saturated heterocycles. The summed E-state index contributed by atoms with van der Waals surface area (Å²) in [5, 5.41) is 28.6. The molecule has 1 aliphatic rings. The van der Waals surface area contributed by atoms with E-state index in [0.29, 0.717) is 28.9 Å². The summed E-state index contributed by atoms with van der Waals surface area (Å²) in [6.07, 6.45) is 0.726. The summed E-state index contributed by atoms with van der Waals surface area (Å²) in [5.74, 6) is -0.161. The first-order valence-electron chi connectivity index (χ1n) is 6.08. The number of benzene rings is 2. The lowest BCUT2D eigenvalue weighted by molar-refractivity contribution is 0.112. The average molecular weight is 272 g/mol. The Labute approximate surface area is 114 Å². The maximum absolute atomic E-state index is 11.0. The summed E-state index contributed by atoms with van der Waals surface area (Å²) < 4.78 is 5.66. The summed E-state index contributed by atoms with van der Waals surface area (Å²) in [5.41, 5.74) is 1.79. The molecule has 0 saturated carbocycles. The Balaban J connectivity index is 1.99. The second-order valence-corrected chi connectivity index (χ2v) is 4.66. The predicted molar refractivity (Wildman–Crippen MR) is 70.3 cm³/mol. The molecule has 1 heterocycles. The van der Waals surface area contributed by atoms with E-state index in [4.69, 9.17) is 4.74 Å². The molecule has 3 N–H and O–H groups in total. The van der Waals surface area contributed by atoms with E-state index in [-0.39, 0.29) is 17.2 Å². The fourth-order valence-electron chi connectivity index (χ4n) is 2.38. The van der Waals surface area contributed by atoms with Crippen LogP contribution in [0.25, 0.3) is 0 Å². The highest BCUT2D eigenvalue weighted by Crippen LogP contribution is 2.44. The van der Waals surface area contributed by atoms with Crippen LogP contribution in [0, 0.1) is 0 Å². The molecule has 0 amide bonds. The van der Waals surface area contributed by atoms with Crippen molar-refractivity contribution >= 4 is 6.29 Å². The molecule has 0 bridgehead atoms. The smallest absolute Gasteiger partial charge is 0.165 e. The minimum atomic E-state index is -0.413. The zero-order valence-electron chi connectivity index (χ0n) is 10.4. The summed E-state index contributed by atoms with van der Waals surface area (Å²) in [7, 11) is 0. The third-order valence-corrected chi connectivity index (χ3v) is 3.42. The van der Waals surface area contributed by atoms with Crippen molar-refractivity contribution in [1.29, 1.82) is 0 Å². The van der Waals surface area contributed by atoms with Gasteiger partial charge in [-0.3, -0.25) is 4.79 Å². The molecule has 20 heavy (non-hydrogen) atoms. The minimum Gasteiger partial charge on any atom is -0.504 e. The summed E-state index contributed by atoms with van der Waals surface area (Å²) in [6, 6.07) is 7.37. The second-order valence-electron chi connectivity index (χ2n) is 4.66. The van der Waals surface area contributed by atoms with Gasteiger partial charge in [0.05, 0.1) is 0 Å². The summed E-state index contributed by atoms with van der Waals surface area (Å²) in [4.78, 5) is 11.0. The Hall–Kier alpha value is -2.69. The number of phenols is 3. The van der Waals surface area contributed by atoms with E-state index < -0.39 is 6.10 Å². The van der Waals surface area contributed by atoms with E-state index in [1.54, 1.807) is 12.1 Å². The molecule has 0 aliphatic carbocycles.